The molecule has 1 aliphatic heterocycles. The predicted molar refractivity (Wildman–Crippen MR) is 73.4 cm³/mol. The van der Waals surface area contributed by atoms with Gasteiger partial charge in [0.25, 0.3) is 0 Å². The molecule has 0 bridgehead atoms. The molecular weight excluding hydrogens is 262 g/mol. The molecule has 0 saturated carbocycles. The van der Waals surface area contributed by atoms with Gasteiger partial charge in [-0.2, -0.15) is 0 Å². The number of rotatable bonds is 6. The summed E-state index contributed by atoms with van der Waals surface area (Å²) < 4.78 is 0. The van der Waals surface area contributed by atoms with Crippen LogP contribution >= 0.6 is 0 Å². The average molecular weight is 283 g/mol. The molecule has 0 spiro atoms. The first-order valence-corrected chi connectivity index (χ1v) is 6.73. The summed E-state index contributed by atoms with van der Waals surface area (Å²) in [5, 5.41) is 3.44. The Morgan fingerprint density at radius 3 is 2.40 bits per heavy atom. The Morgan fingerprint density at radius 2 is 1.80 bits per heavy atom. The summed E-state index contributed by atoms with van der Waals surface area (Å²) in [5.74, 6) is 5.17. The minimum absolute atomic E-state index is 0.113. The maximum atomic E-state index is 11.9. The zero-order chi connectivity index (χ0) is 14.8. The second-order valence-corrected chi connectivity index (χ2v) is 4.58. The van der Waals surface area contributed by atoms with Crippen molar-refractivity contribution < 1.29 is 9.59 Å². The fraction of sp³-hybridized carbons (Fsp3) is 0.818. The topological polar surface area (TPSA) is 127 Å². The smallest absolute Gasteiger partial charge is 0.331 e. The standard InChI is InChI=1S/C11H21N7O2/c12-15-11(20)18-8-6-17(7-9-18)10(19)4-2-1-3-5-14-16-13/h1-9,12H2,(H,15,20). The van der Waals surface area contributed by atoms with Crippen molar-refractivity contribution in [2.45, 2.75) is 25.7 Å². The van der Waals surface area contributed by atoms with Crippen LogP contribution in [0.3, 0.4) is 0 Å². The van der Waals surface area contributed by atoms with Crippen LogP contribution in [0.4, 0.5) is 4.79 Å². The van der Waals surface area contributed by atoms with E-state index in [1.165, 1.54) is 0 Å². The maximum Gasteiger partial charge on any atom is 0.331 e. The highest BCUT2D eigenvalue weighted by molar-refractivity contribution is 5.77. The number of carbonyl (C=O) groups is 2. The number of nitrogens with zero attached hydrogens (tertiary/aromatic N) is 5. The van der Waals surface area contributed by atoms with Crippen molar-refractivity contribution in [3.05, 3.63) is 10.4 Å². The number of hydrogen-bond donors (Lipinski definition) is 2. The molecule has 1 fully saturated rings. The maximum absolute atomic E-state index is 11.9. The number of unbranched alkanes of at least 4 members (excludes halogenated alkanes) is 2. The molecule has 9 heteroatoms. The van der Waals surface area contributed by atoms with Gasteiger partial charge in [-0.1, -0.05) is 11.5 Å². The minimum Gasteiger partial charge on any atom is -0.339 e. The van der Waals surface area contributed by atoms with E-state index in [0.717, 1.165) is 19.3 Å². The SMILES string of the molecule is [N-]=[N+]=NCCCCCC(=O)N1CCN(C(=O)NN)CC1. The summed E-state index contributed by atoms with van der Waals surface area (Å²) in [6.45, 7) is 2.59. The lowest BCUT2D eigenvalue weighted by Crippen LogP contribution is -2.54. The molecule has 0 radical (unpaired) electrons. The van der Waals surface area contributed by atoms with Gasteiger partial charge in [0.1, 0.15) is 0 Å². The lowest BCUT2D eigenvalue weighted by atomic mass is 10.1. The Kier molecular flexibility index (Phi) is 7.23. The Labute approximate surface area is 117 Å². The zero-order valence-corrected chi connectivity index (χ0v) is 11.5. The lowest BCUT2D eigenvalue weighted by Gasteiger charge is -2.34. The molecule has 112 valence electrons. The monoisotopic (exact) mass is 283 g/mol. The van der Waals surface area contributed by atoms with Crippen LogP contribution in [-0.2, 0) is 4.79 Å². The van der Waals surface area contributed by atoms with Crippen LogP contribution in [0.5, 0.6) is 0 Å². The highest BCUT2D eigenvalue weighted by atomic mass is 16.2. The molecule has 0 aliphatic carbocycles. The highest BCUT2D eigenvalue weighted by Crippen LogP contribution is 2.07. The number of urea groups is 1. The van der Waals surface area contributed by atoms with Crippen molar-refractivity contribution in [2.24, 2.45) is 11.0 Å². The molecule has 9 nitrogen and oxygen atoms in total. The summed E-state index contributed by atoms with van der Waals surface area (Å²) in [6.07, 6.45) is 2.98. The Balaban J connectivity index is 2.16. The third-order valence-electron chi connectivity index (χ3n) is 3.26. The molecule has 1 aliphatic rings. The molecule has 1 heterocycles. The van der Waals surface area contributed by atoms with Crippen LogP contribution in [0, 0.1) is 0 Å². The number of azide groups is 1. The molecule has 1 saturated heterocycles. The Bertz CT molecular complexity index is 373. The van der Waals surface area contributed by atoms with E-state index in [0.29, 0.717) is 39.1 Å². The molecular formula is C11H21N7O2. The number of hydrogen-bond acceptors (Lipinski definition) is 4. The third-order valence-corrected chi connectivity index (χ3v) is 3.26. The quantitative estimate of drug-likeness (QED) is 0.141. The molecule has 0 aromatic heterocycles. The normalized spacial score (nSPS) is 14.7. The first-order valence-electron chi connectivity index (χ1n) is 6.73. The first kappa shape index (κ1) is 16.1. The predicted octanol–water partition coefficient (Wildman–Crippen LogP) is 0.585. The van der Waals surface area contributed by atoms with Crippen molar-refractivity contribution in [3.63, 3.8) is 0 Å². The van der Waals surface area contributed by atoms with Crippen LogP contribution < -0.4 is 11.3 Å². The molecule has 0 aromatic rings. The van der Waals surface area contributed by atoms with E-state index >= 15 is 0 Å². The van der Waals surface area contributed by atoms with Gasteiger partial charge in [0.05, 0.1) is 0 Å². The Hall–Kier alpha value is -1.99. The fourth-order valence-electron chi connectivity index (χ4n) is 2.09. The number of hydrazine groups is 1. The van der Waals surface area contributed by atoms with Gasteiger partial charge in [-0.15, -0.1) is 0 Å². The van der Waals surface area contributed by atoms with E-state index in [-0.39, 0.29) is 11.9 Å². The van der Waals surface area contributed by atoms with Gasteiger partial charge in [-0.25, -0.2) is 10.6 Å². The van der Waals surface area contributed by atoms with E-state index < -0.39 is 0 Å². The molecule has 0 aromatic carbocycles. The molecule has 1 rings (SSSR count). The molecule has 20 heavy (non-hydrogen) atoms. The largest absolute Gasteiger partial charge is 0.339 e. The van der Waals surface area contributed by atoms with Gasteiger partial charge in [-0.05, 0) is 18.4 Å². The van der Waals surface area contributed by atoms with Gasteiger partial charge in [0.15, 0.2) is 0 Å². The highest BCUT2D eigenvalue weighted by Gasteiger charge is 2.23. The fourth-order valence-corrected chi connectivity index (χ4v) is 2.09. The van der Waals surface area contributed by atoms with E-state index in [1.54, 1.807) is 9.80 Å². The second kappa shape index (κ2) is 9.00. The number of piperazine rings is 1. The second-order valence-electron chi connectivity index (χ2n) is 4.58. The number of amides is 3. The van der Waals surface area contributed by atoms with Gasteiger partial charge < -0.3 is 9.80 Å². The number of carbonyl (C=O) groups excluding carboxylic acids is 2. The van der Waals surface area contributed by atoms with Gasteiger partial charge in [0, 0.05) is 44.1 Å². The van der Waals surface area contributed by atoms with Crippen LogP contribution in [0.2, 0.25) is 0 Å². The summed E-state index contributed by atoms with van der Waals surface area (Å²) in [6, 6.07) is -0.310. The molecule has 3 N–H and O–H groups in total. The van der Waals surface area contributed by atoms with Gasteiger partial charge in [0.2, 0.25) is 5.91 Å². The van der Waals surface area contributed by atoms with E-state index in [1.807, 2.05) is 0 Å². The molecule has 0 unspecified atom stereocenters. The van der Waals surface area contributed by atoms with Crippen molar-refractivity contribution in [2.75, 3.05) is 32.7 Å². The number of nitrogens with one attached hydrogen (secondary N) is 1. The first-order chi connectivity index (χ1) is 9.69. The lowest BCUT2D eigenvalue weighted by molar-refractivity contribution is -0.132. The zero-order valence-electron chi connectivity index (χ0n) is 11.5. The van der Waals surface area contributed by atoms with Gasteiger partial charge in [-0.3, -0.25) is 10.2 Å². The van der Waals surface area contributed by atoms with Crippen LogP contribution in [0.15, 0.2) is 5.11 Å². The van der Waals surface area contributed by atoms with Crippen molar-refractivity contribution in [1.29, 1.82) is 0 Å². The third kappa shape index (κ3) is 5.33. The van der Waals surface area contributed by atoms with Crippen molar-refractivity contribution >= 4 is 11.9 Å². The van der Waals surface area contributed by atoms with E-state index in [2.05, 4.69) is 15.5 Å². The van der Waals surface area contributed by atoms with Gasteiger partial charge >= 0.3 is 6.03 Å². The minimum atomic E-state index is -0.310. The van der Waals surface area contributed by atoms with Crippen molar-refractivity contribution in [3.8, 4) is 0 Å². The summed E-state index contributed by atoms with van der Waals surface area (Å²) in [5.41, 5.74) is 10.2. The molecule has 0 atom stereocenters. The van der Waals surface area contributed by atoms with E-state index in [4.69, 9.17) is 11.4 Å². The average Bonchev–Trinajstić information content (AvgIpc) is 2.50. The van der Waals surface area contributed by atoms with Crippen LogP contribution in [0.25, 0.3) is 10.4 Å². The molecule has 3 amide bonds. The van der Waals surface area contributed by atoms with E-state index in [9.17, 15) is 9.59 Å². The Morgan fingerprint density at radius 1 is 1.15 bits per heavy atom. The van der Waals surface area contributed by atoms with Crippen LogP contribution in [-0.4, -0.2) is 54.5 Å². The van der Waals surface area contributed by atoms with Crippen LogP contribution in [0.1, 0.15) is 25.7 Å². The summed E-state index contributed by atoms with van der Waals surface area (Å²) >= 11 is 0. The van der Waals surface area contributed by atoms with Crippen molar-refractivity contribution in [1.82, 2.24) is 15.2 Å². The number of nitrogens with two attached hydrogens (primary N) is 1. The summed E-state index contributed by atoms with van der Waals surface area (Å²) in [4.78, 5) is 29.3. The summed E-state index contributed by atoms with van der Waals surface area (Å²) in [7, 11) is 0.